The number of esters is 1. The number of aromatic nitrogens is 2. The van der Waals surface area contributed by atoms with Gasteiger partial charge < -0.3 is 14.6 Å². The fraction of sp³-hybridized carbons (Fsp3) is 0.375. The molecular formula is C16H19N3O4. The van der Waals surface area contributed by atoms with Crippen molar-refractivity contribution in [1.29, 1.82) is 0 Å². The van der Waals surface area contributed by atoms with E-state index in [4.69, 9.17) is 0 Å². The van der Waals surface area contributed by atoms with Crippen LogP contribution in [0.15, 0.2) is 29.1 Å². The van der Waals surface area contributed by atoms with E-state index >= 15 is 0 Å². The van der Waals surface area contributed by atoms with Crippen LogP contribution in [0, 0.1) is 0 Å². The van der Waals surface area contributed by atoms with Crippen molar-refractivity contribution < 1.29 is 14.3 Å². The van der Waals surface area contributed by atoms with Gasteiger partial charge in [0.15, 0.2) is 0 Å². The van der Waals surface area contributed by atoms with Gasteiger partial charge in [-0.2, -0.15) is 0 Å². The number of hydrogen-bond acceptors (Lipinski definition) is 5. The molecule has 1 unspecified atom stereocenters. The first kappa shape index (κ1) is 16.7. The Morgan fingerprint density at radius 1 is 1.35 bits per heavy atom. The topological polar surface area (TPSA) is 90.3 Å². The molecule has 0 radical (unpaired) electrons. The summed E-state index contributed by atoms with van der Waals surface area (Å²) >= 11 is 0. The summed E-state index contributed by atoms with van der Waals surface area (Å²) in [5.74, 6) is -0.849. The van der Waals surface area contributed by atoms with Gasteiger partial charge in [-0.1, -0.05) is 12.1 Å². The van der Waals surface area contributed by atoms with Crippen molar-refractivity contribution in [2.75, 3.05) is 7.11 Å². The molecule has 0 saturated heterocycles. The van der Waals surface area contributed by atoms with E-state index in [-0.39, 0.29) is 24.3 Å². The zero-order valence-electron chi connectivity index (χ0n) is 13.3. The van der Waals surface area contributed by atoms with Crippen LogP contribution in [-0.2, 0) is 27.8 Å². The van der Waals surface area contributed by atoms with E-state index < -0.39 is 12.0 Å². The summed E-state index contributed by atoms with van der Waals surface area (Å²) in [4.78, 5) is 39.7. The van der Waals surface area contributed by atoms with Crippen LogP contribution in [0.4, 0.5) is 0 Å². The molecule has 0 aliphatic carbocycles. The molecule has 1 amide bonds. The van der Waals surface area contributed by atoms with Crippen LogP contribution in [0.25, 0.3) is 11.0 Å². The van der Waals surface area contributed by atoms with Crippen molar-refractivity contribution in [2.45, 2.75) is 25.8 Å². The van der Waals surface area contributed by atoms with Crippen molar-refractivity contribution in [3.63, 3.8) is 0 Å². The van der Waals surface area contributed by atoms with Crippen molar-refractivity contribution in [3.05, 3.63) is 40.3 Å². The Kier molecular flexibility index (Phi) is 5.10. The Morgan fingerprint density at radius 3 is 2.74 bits per heavy atom. The number of rotatable bonds is 5. The number of benzene rings is 1. The number of ether oxygens (including phenoxy) is 1. The second-order valence-electron chi connectivity index (χ2n) is 5.22. The number of nitrogens with zero attached hydrogens (tertiary/aromatic N) is 2. The normalized spacial score (nSPS) is 12.0. The molecule has 1 aromatic heterocycles. The number of fused-ring (bicyclic) bond motifs is 1. The number of carbonyl (C=O) groups excluding carboxylic acids is 2. The standard InChI is InChI=1S/C16H19N3O4/c1-10(16(22)23-3)17-14(20)9-8-12-15(21)19(2)13-7-5-4-6-11(13)18-12/h4-7,10H,8-9H2,1-3H3,(H,17,20). The number of aryl methyl sites for hydroxylation is 2. The molecule has 1 aromatic carbocycles. The molecule has 1 atom stereocenters. The maximum atomic E-state index is 12.3. The highest BCUT2D eigenvalue weighted by atomic mass is 16.5. The van der Waals surface area contributed by atoms with Gasteiger partial charge in [0.2, 0.25) is 5.91 Å². The molecule has 1 N–H and O–H groups in total. The zero-order chi connectivity index (χ0) is 17.0. The van der Waals surface area contributed by atoms with Gasteiger partial charge in [0, 0.05) is 19.9 Å². The van der Waals surface area contributed by atoms with Crippen molar-refractivity contribution in [1.82, 2.24) is 14.9 Å². The molecule has 0 aliphatic heterocycles. The minimum Gasteiger partial charge on any atom is -0.467 e. The third-order valence-electron chi connectivity index (χ3n) is 3.57. The Labute approximate surface area is 133 Å². The Balaban J connectivity index is 2.11. The van der Waals surface area contributed by atoms with Crippen LogP contribution < -0.4 is 10.9 Å². The van der Waals surface area contributed by atoms with Gasteiger partial charge in [0.1, 0.15) is 11.7 Å². The van der Waals surface area contributed by atoms with E-state index in [1.807, 2.05) is 24.3 Å². The van der Waals surface area contributed by atoms with E-state index in [2.05, 4.69) is 15.0 Å². The smallest absolute Gasteiger partial charge is 0.328 e. The highest BCUT2D eigenvalue weighted by Gasteiger charge is 2.16. The van der Waals surface area contributed by atoms with Crippen LogP contribution >= 0.6 is 0 Å². The Bertz CT molecular complexity index is 798. The van der Waals surface area contributed by atoms with Gasteiger partial charge in [0.25, 0.3) is 5.56 Å². The van der Waals surface area contributed by atoms with Crippen molar-refractivity contribution >= 4 is 22.9 Å². The first-order valence-electron chi connectivity index (χ1n) is 7.26. The maximum absolute atomic E-state index is 12.3. The number of methoxy groups -OCH3 is 1. The summed E-state index contributed by atoms with van der Waals surface area (Å²) in [5.41, 5.74) is 1.54. The third kappa shape index (κ3) is 3.74. The van der Waals surface area contributed by atoms with Gasteiger partial charge in [-0.15, -0.1) is 0 Å². The van der Waals surface area contributed by atoms with Crippen LogP contribution in [0.1, 0.15) is 19.0 Å². The van der Waals surface area contributed by atoms with Crippen molar-refractivity contribution in [3.8, 4) is 0 Å². The first-order chi connectivity index (χ1) is 10.9. The summed E-state index contributed by atoms with van der Waals surface area (Å²) < 4.78 is 6.06. The van der Waals surface area contributed by atoms with E-state index in [1.54, 1.807) is 7.05 Å². The minimum absolute atomic E-state index is 0.0713. The molecule has 0 aliphatic rings. The molecular weight excluding hydrogens is 298 g/mol. The van der Waals surface area contributed by atoms with Gasteiger partial charge in [0.05, 0.1) is 18.1 Å². The third-order valence-corrected chi connectivity index (χ3v) is 3.57. The molecule has 7 nitrogen and oxygen atoms in total. The van der Waals surface area contributed by atoms with Crippen molar-refractivity contribution in [2.24, 2.45) is 7.05 Å². The Hall–Kier alpha value is -2.70. The predicted octanol–water partition coefficient (Wildman–Crippen LogP) is 0.544. The van der Waals surface area contributed by atoms with E-state index in [0.717, 1.165) is 5.52 Å². The summed E-state index contributed by atoms with van der Waals surface area (Å²) in [6.07, 6.45) is 0.277. The molecule has 7 heteroatoms. The first-order valence-corrected chi connectivity index (χ1v) is 7.26. The number of para-hydroxylation sites is 2. The average molecular weight is 317 g/mol. The molecule has 0 saturated carbocycles. The van der Waals surface area contributed by atoms with Crippen LogP contribution in [0.5, 0.6) is 0 Å². The largest absolute Gasteiger partial charge is 0.467 e. The number of amides is 1. The summed E-state index contributed by atoms with van der Waals surface area (Å²) in [6, 6.07) is 6.59. The maximum Gasteiger partial charge on any atom is 0.328 e. The second-order valence-corrected chi connectivity index (χ2v) is 5.22. The van der Waals surface area contributed by atoms with Gasteiger partial charge >= 0.3 is 5.97 Å². The fourth-order valence-electron chi connectivity index (χ4n) is 2.28. The lowest BCUT2D eigenvalue weighted by molar-refractivity contribution is -0.144. The minimum atomic E-state index is -0.722. The number of carbonyl (C=O) groups is 2. The molecule has 2 aromatic rings. The SMILES string of the molecule is COC(=O)C(C)NC(=O)CCc1nc2ccccc2n(C)c1=O. The lowest BCUT2D eigenvalue weighted by Crippen LogP contribution is -2.39. The predicted molar refractivity (Wildman–Crippen MR) is 84.9 cm³/mol. The van der Waals surface area contributed by atoms with Crippen LogP contribution in [-0.4, -0.2) is 34.6 Å². The molecule has 0 bridgehead atoms. The molecule has 23 heavy (non-hydrogen) atoms. The van der Waals surface area contributed by atoms with Crippen LogP contribution in [0.3, 0.4) is 0 Å². The van der Waals surface area contributed by atoms with E-state index in [9.17, 15) is 14.4 Å². The zero-order valence-corrected chi connectivity index (χ0v) is 13.3. The highest BCUT2D eigenvalue weighted by Crippen LogP contribution is 2.09. The fourth-order valence-corrected chi connectivity index (χ4v) is 2.28. The monoisotopic (exact) mass is 317 g/mol. The molecule has 0 fully saturated rings. The van der Waals surface area contributed by atoms with E-state index in [0.29, 0.717) is 11.2 Å². The molecule has 122 valence electrons. The molecule has 0 spiro atoms. The Morgan fingerprint density at radius 2 is 2.04 bits per heavy atom. The summed E-state index contributed by atoms with van der Waals surface area (Å²) in [5, 5.41) is 2.52. The number of hydrogen-bond donors (Lipinski definition) is 1. The highest BCUT2D eigenvalue weighted by molar-refractivity contribution is 5.84. The summed E-state index contributed by atoms with van der Waals surface area (Å²) in [6.45, 7) is 1.54. The average Bonchev–Trinajstić information content (AvgIpc) is 2.56. The summed E-state index contributed by atoms with van der Waals surface area (Å²) in [7, 11) is 2.93. The van der Waals surface area contributed by atoms with Gasteiger partial charge in [-0.25, -0.2) is 9.78 Å². The quantitative estimate of drug-likeness (QED) is 0.813. The van der Waals surface area contributed by atoms with Gasteiger partial charge in [-0.3, -0.25) is 9.59 Å². The molecule has 2 rings (SSSR count). The lowest BCUT2D eigenvalue weighted by atomic mass is 10.2. The van der Waals surface area contributed by atoms with Crippen LogP contribution in [0.2, 0.25) is 0 Å². The second kappa shape index (κ2) is 7.04. The lowest BCUT2D eigenvalue weighted by Gasteiger charge is -2.11. The molecule has 1 heterocycles. The number of nitrogens with one attached hydrogen (secondary N) is 1. The van der Waals surface area contributed by atoms with E-state index in [1.165, 1.54) is 18.6 Å². The van der Waals surface area contributed by atoms with Gasteiger partial charge in [-0.05, 0) is 19.1 Å².